The SMILES string of the molecule is COc1cc(C(=O)Nc2cc(-c3nc4ccncc4s3)cc(C(O)O)c2)cc(OC)c1OC. The summed E-state index contributed by atoms with van der Waals surface area (Å²) in [6.45, 7) is 0. The van der Waals surface area contributed by atoms with Gasteiger partial charge < -0.3 is 29.7 Å². The highest BCUT2D eigenvalue weighted by Gasteiger charge is 2.18. The van der Waals surface area contributed by atoms with E-state index in [1.165, 1.54) is 50.9 Å². The Hall–Kier alpha value is -3.73. The summed E-state index contributed by atoms with van der Waals surface area (Å²) >= 11 is 1.41. The third kappa shape index (κ3) is 4.58. The lowest BCUT2D eigenvalue weighted by atomic mass is 10.1. The van der Waals surface area contributed by atoms with Gasteiger partial charge in [0.2, 0.25) is 5.75 Å². The molecular weight excluding hydrogens is 446 g/mol. The Morgan fingerprint density at radius 2 is 1.76 bits per heavy atom. The zero-order valence-electron chi connectivity index (χ0n) is 18.0. The summed E-state index contributed by atoms with van der Waals surface area (Å²) < 4.78 is 16.8. The highest BCUT2D eigenvalue weighted by molar-refractivity contribution is 7.21. The average Bonchev–Trinajstić information content (AvgIpc) is 3.27. The van der Waals surface area contributed by atoms with E-state index < -0.39 is 12.2 Å². The maximum atomic E-state index is 13.0. The van der Waals surface area contributed by atoms with E-state index >= 15 is 0 Å². The van der Waals surface area contributed by atoms with E-state index in [0.717, 1.165) is 10.2 Å². The number of thiazole rings is 1. The third-order valence-electron chi connectivity index (χ3n) is 4.88. The van der Waals surface area contributed by atoms with Crippen molar-refractivity contribution >= 4 is 33.1 Å². The van der Waals surface area contributed by atoms with Crippen molar-refractivity contribution in [3.63, 3.8) is 0 Å². The molecule has 2 aromatic heterocycles. The van der Waals surface area contributed by atoms with E-state index in [1.807, 2.05) is 0 Å². The summed E-state index contributed by atoms with van der Waals surface area (Å²) in [4.78, 5) is 21.7. The van der Waals surface area contributed by atoms with Crippen LogP contribution in [0.3, 0.4) is 0 Å². The van der Waals surface area contributed by atoms with Crippen LogP contribution < -0.4 is 19.5 Å². The van der Waals surface area contributed by atoms with Crippen LogP contribution in [-0.4, -0.2) is 47.4 Å². The number of hydrogen-bond donors (Lipinski definition) is 3. The molecule has 0 aliphatic rings. The molecule has 4 aromatic rings. The summed E-state index contributed by atoms with van der Waals surface area (Å²) in [5.74, 6) is 0.600. The molecule has 1 amide bonds. The van der Waals surface area contributed by atoms with Crippen LogP contribution in [0.25, 0.3) is 20.8 Å². The topological polar surface area (TPSA) is 123 Å². The van der Waals surface area contributed by atoms with Gasteiger partial charge in [-0.2, -0.15) is 0 Å². The lowest BCUT2D eigenvalue weighted by Gasteiger charge is -2.15. The fourth-order valence-corrected chi connectivity index (χ4v) is 4.24. The minimum Gasteiger partial charge on any atom is -0.493 e. The first-order valence-corrected chi connectivity index (χ1v) is 10.6. The average molecular weight is 468 g/mol. The molecule has 0 saturated carbocycles. The Kier molecular flexibility index (Phi) is 6.40. The van der Waals surface area contributed by atoms with Crippen LogP contribution in [0.5, 0.6) is 17.2 Å². The molecule has 0 aliphatic heterocycles. The van der Waals surface area contributed by atoms with Crippen molar-refractivity contribution in [3.8, 4) is 27.8 Å². The lowest BCUT2D eigenvalue weighted by Crippen LogP contribution is -2.13. The van der Waals surface area contributed by atoms with Gasteiger partial charge >= 0.3 is 0 Å². The van der Waals surface area contributed by atoms with Gasteiger partial charge in [-0.25, -0.2) is 4.98 Å². The number of aliphatic hydroxyl groups excluding tert-OH is 1. The number of nitrogens with one attached hydrogen (secondary N) is 1. The van der Waals surface area contributed by atoms with E-state index in [9.17, 15) is 15.0 Å². The molecule has 0 saturated heterocycles. The van der Waals surface area contributed by atoms with Crippen LogP contribution in [0.1, 0.15) is 22.2 Å². The number of amides is 1. The lowest BCUT2D eigenvalue weighted by molar-refractivity contribution is -0.0424. The molecule has 0 fully saturated rings. The zero-order chi connectivity index (χ0) is 23.5. The van der Waals surface area contributed by atoms with Crippen molar-refractivity contribution in [1.82, 2.24) is 9.97 Å². The van der Waals surface area contributed by atoms with E-state index in [-0.39, 0.29) is 11.1 Å². The zero-order valence-corrected chi connectivity index (χ0v) is 18.8. The maximum Gasteiger partial charge on any atom is 0.255 e. The molecule has 0 spiro atoms. The molecule has 3 N–H and O–H groups in total. The van der Waals surface area contributed by atoms with E-state index in [0.29, 0.717) is 33.5 Å². The van der Waals surface area contributed by atoms with Gasteiger partial charge in [0.05, 0.1) is 31.5 Å². The number of ether oxygens (including phenoxy) is 3. The predicted molar refractivity (Wildman–Crippen MR) is 124 cm³/mol. The molecule has 9 nitrogen and oxygen atoms in total. The summed E-state index contributed by atoms with van der Waals surface area (Å²) in [6.07, 6.45) is 1.65. The highest BCUT2D eigenvalue weighted by Crippen LogP contribution is 2.38. The van der Waals surface area contributed by atoms with Gasteiger partial charge in [-0.3, -0.25) is 9.78 Å². The second kappa shape index (κ2) is 9.41. The van der Waals surface area contributed by atoms with E-state index in [4.69, 9.17) is 14.2 Å². The quantitative estimate of drug-likeness (QED) is 0.352. The van der Waals surface area contributed by atoms with Gasteiger partial charge in [-0.15, -0.1) is 11.3 Å². The standard InChI is InChI=1S/C23H21N3O6S/c1-30-17-9-12(10-18(31-2)20(17)32-3)21(27)25-15-7-13(6-14(8-15)23(28)29)22-26-16-4-5-24-11-19(16)33-22/h4-11,23,28-29H,1-3H3,(H,25,27). The van der Waals surface area contributed by atoms with Crippen LogP contribution >= 0.6 is 11.3 Å². The first kappa shape index (κ1) is 22.5. The normalized spacial score (nSPS) is 11.0. The number of aromatic nitrogens is 2. The number of methoxy groups -OCH3 is 3. The van der Waals surface area contributed by atoms with Gasteiger partial charge in [-0.1, -0.05) is 0 Å². The molecule has 2 aromatic carbocycles. The molecule has 10 heteroatoms. The molecule has 2 heterocycles. The van der Waals surface area contributed by atoms with Crippen LogP contribution in [0.2, 0.25) is 0 Å². The Morgan fingerprint density at radius 3 is 2.36 bits per heavy atom. The Labute approximate surface area is 193 Å². The number of pyridine rings is 1. The van der Waals surface area contributed by atoms with Crippen molar-refractivity contribution in [1.29, 1.82) is 0 Å². The third-order valence-corrected chi connectivity index (χ3v) is 5.93. The number of benzene rings is 2. The number of carbonyl (C=O) groups is 1. The largest absolute Gasteiger partial charge is 0.493 e. The van der Waals surface area contributed by atoms with Gasteiger partial charge in [-0.05, 0) is 36.4 Å². The maximum absolute atomic E-state index is 13.0. The summed E-state index contributed by atoms with van der Waals surface area (Å²) in [6, 6.07) is 9.68. The molecule has 4 rings (SSSR count). The second-order valence-corrected chi connectivity index (χ2v) is 7.98. The van der Waals surface area contributed by atoms with Crippen LogP contribution in [0.4, 0.5) is 5.69 Å². The van der Waals surface area contributed by atoms with Crippen molar-refractivity contribution in [2.24, 2.45) is 0 Å². The predicted octanol–water partition coefficient (Wildman–Crippen LogP) is 3.62. The number of carbonyl (C=O) groups excluding carboxylic acids is 1. The van der Waals surface area contributed by atoms with Crippen LogP contribution in [0, 0.1) is 0 Å². The first-order chi connectivity index (χ1) is 15.9. The van der Waals surface area contributed by atoms with Crippen molar-refractivity contribution in [3.05, 3.63) is 59.9 Å². The van der Waals surface area contributed by atoms with Crippen LogP contribution in [-0.2, 0) is 0 Å². The molecule has 0 atom stereocenters. The van der Waals surface area contributed by atoms with Crippen molar-refractivity contribution < 1.29 is 29.2 Å². The molecule has 170 valence electrons. The highest BCUT2D eigenvalue weighted by atomic mass is 32.1. The number of fused-ring (bicyclic) bond motifs is 1. The number of hydrogen-bond acceptors (Lipinski definition) is 9. The van der Waals surface area contributed by atoms with Gasteiger partial charge in [0.1, 0.15) is 5.01 Å². The van der Waals surface area contributed by atoms with Crippen molar-refractivity contribution in [2.75, 3.05) is 26.6 Å². The van der Waals surface area contributed by atoms with Crippen molar-refractivity contribution in [2.45, 2.75) is 6.29 Å². The molecule has 0 unspecified atom stereocenters. The molecular formula is C23H21N3O6S. The summed E-state index contributed by atoms with van der Waals surface area (Å²) in [7, 11) is 4.40. The van der Waals surface area contributed by atoms with Gasteiger partial charge in [0, 0.05) is 34.8 Å². The van der Waals surface area contributed by atoms with Gasteiger partial charge in [0.25, 0.3) is 5.91 Å². The molecule has 0 bridgehead atoms. The van der Waals surface area contributed by atoms with Gasteiger partial charge in [0.15, 0.2) is 17.8 Å². The second-order valence-electron chi connectivity index (χ2n) is 6.95. The molecule has 0 radical (unpaired) electrons. The van der Waals surface area contributed by atoms with E-state index in [1.54, 1.807) is 30.6 Å². The number of rotatable bonds is 7. The Balaban J connectivity index is 1.71. The molecule has 0 aliphatic carbocycles. The fraction of sp³-hybridized carbons (Fsp3) is 0.174. The minimum atomic E-state index is -1.72. The monoisotopic (exact) mass is 467 g/mol. The number of aliphatic hydroxyl groups is 2. The summed E-state index contributed by atoms with van der Waals surface area (Å²) in [5, 5.41) is 23.0. The Morgan fingerprint density at radius 1 is 1.03 bits per heavy atom. The number of anilines is 1. The van der Waals surface area contributed by atoms with Crippen LogP contribution in [0.15, 0.2) is 48.8 Å². The smallest absolute Gasteiger partial charge is 0.255 e. The Bertz CT molecular complexity index is 1260. The number of nitrogens with zero attached hydrogens (tertiary/aromatic N) is 2. The molecule has 33 heavy (non-hydrogen) atoms. The van der Waals surface area contributed by atoms with E-state index in [2.05, 4.69) is 15.3 Å². The summed E-state index contributed by atoms with van der Waals surface area (Å²) in [5.41, 5.74) is 2.26. The fourth-order valence-electron chi connectivity index (χ4n) is 3.32. The minimum absolute atomic E-state index is 0.213. The first-order valence-electron chi connectivity index (χ1n) is 9.77.